The highest BCUT2D eigenvalue weighted by atomic mass is 32.1. The van der Waals surface area contributed by atoms with Gasteiger partial charge in [-0.15, -0.1) is 11.3 Å². The zero-order valence-electron chi connectivity index (χ0n) is 11.3. The molecule has 1 N–H and O–H groups in total. The number of amides is 4. The highest BCUT2D eigenvalue weighted by molar-refractivity contribution is 7.09. The van der Waals surface area contributed by atoms with Crippen LogP contribution >= 0.6 is 11.3 Å². The van der Waals surface area contributed by atoms with Gasteiger partial charge in [-0.25, -0.2) is 14.5 Å². The first-order chi connectivity index (χ1) is 10.1. The SMILES string of the molecule is O=C(NCc1cccs1)N1CC(CN2C(=O)COC2=O)C1. The molecule has 0 atom stereocenters. The molecule has 0 aliphatic carbocycles. The van der Waals surface area contributed by atoms with Gasteiger partial charge < -0.3 is 15.0 Å². The van der Waals surface area contributed by atoms with Crippen LogP contribution in [0.2, 0.25) is 0 Å². The third-order valence-corrected chi connectivity index (χ3v) is 4.40. The summed E-state index contributed by atoms with van der Waals surface area (Å²) >= 11 is 1.60. The van der Waals surface area contributed by atoms with Gasteiger partial charge in [-0.1, -0.05) is 6.07 Å². The smallest absolute Gasteiger partial charge is 0.417 e. The van der Waals surface area contributed by atoms with Gasteiger partial charge in [-0.2, -0.15) is 0 Å². The predicted molar refractivity (Wildman–Crippen MR) is 74.7 cm³/mol. The van der Waals surface area contributed by atoms with Crippen molar-refractivity contribution in [1.29, 1.82) is 0 Å². The minimum atomic E-state index is -0.583. The molecule has 4 amide bonds. The maximum absolute atomic E-state index is 11.9. The minimum Gasteiger partial charge on any atom is -0.439 e. The van der Waals surface area contributed by atoms with E-state index in [0.29, 0.717) is 26.2 Å². The average molecular weight is 309 g/mol. The van der Waals surface area contributed by atoms with Crippen molar-refractivity contribution in [2.45, 2.75) is 6.54 Å². The number of imide groups is 1. The number of nitrogens with one attached hydrogen (secondary N) is 1. The Hall–Kier alpha value is -2.09. The van der Waals surface area contributed by atoms with Crippen molar-refractivity contribution < 1.29 is 19.1 Å². The molecule has 2 aliphatic rings. The van der Waals surface area contributed by atoms with Crippen LogP contribution in [-0.2, 0) is 16.1 Å². The van der Waals surface area contributed by atoms with Crippen molar-refractivity contribution in [3.8, 4) is 0 Å². The fraction of sp³-hybridized carbons (Fsp3) is 0.462. The maximum atomic E-state index is 11.9. The molecule has 0 spiro atoms. The fourth-order valence-electron chi connectivity index (χ4n) is 2.35. The number of carbonyl (C=O) groups excluding carboxylic acids is 3. The number of likely N-dealkylation sites (tertiary alicyclic amines) is 1. The Morgan fingerprint density at radius 1 is 1.43 bits per heavy atom. The van der Waals surface area contributed by atoms with Crippen LogP contribution in [-0.4, -0.2) is 54.1 Å². The second kappa shape index (κ2) is 5.72. The molecule has 0 bridgehead atoms. The Morgan fingerprint density at radius 3 is 2.86 bits per heavy atom. The summed E-state index contributed by atoms with van der Waals surface area (Å²) in [5, 5.41) is 4.81. The summed E-state index contributed by atoms with van der Waals surface area (Å²) in [5.41, 5.74) is 0. The topological polar surface area (TPSA) is 79.0 Å². The van der Waals surface area contributed by atoms with E-state index in [0.717, 1.165) is 9.78 Å². The zero-order chi connectivity index (χ0) is 14.8. The van der Waals surface area contributed by atoms with Gasteiger partial charge in [-0.3, -0.25) is 4.79 Å². The molecule has 2 fully saturated rings. The van der Waals surface area contributed by atoms with Gasteiger partial charge >= 0.3 is 12.1 Å². The molecule has 8 heteroatoms. The van der Waals surface area contributed by atoms with Crippen LogP contribution < -0.4 is 5.32 Å². The lowest BCUT2D eigenvalue weighted by Crippen LogP contribution is -2.56. The second-order valence-electron chi connectivity index (χ2n) is 5.07. The third-order valence-electron chi connectivity index (χ3n) is 3.52. The molecule has 3 heterocycles. The number of hydrogen-bond donors (Lipinski definition) is 1. The van der Waals surface area contributed by atoms with E-state index >= 15 is 0 Å². The molecule has 0 radical (unpaired) electrons. The van der Waals surface area contributed by atoms with Crippen LogP contribution in [0.5, 0.6) is 0 Å². The molecule has 0 aromatic carbocycles. The first-order valence-corrected chi connectivity index (χ1v) is 7.53. The number of carbonyl (C=O) groups is 3. The second-order valence-corrected chi connectivity index (χ2v) is 6.10. The van der Waals surface area contributed by atoms with Crippen LogP contribution in [0.4, 0.5) is 9.59 Å². The predicted octanol–water partition coefficient (Wildman–Crippen LogP) is 0.868. The van der Waals surface area contributed by atoms with Crippen molar-refractivity contribution in [3.05, 3.63) is 22.4 Å². The summed E-state index contributed by atoms with van der Waals surface area (Å²) in [6, 6.07) is 3.79. The molecule has 0 unspecified atom stereocenters. The molecule has 2 aliphatic heterocycles. The van der Waals surface area contributed by atoms with E-state index in [1.807, 2.05) is 17.5 Å². The van der Waals surface area contributed by atoms with Gasteiger partial charge in [0.05, 0.1) is 6.54 Å². The Kier molecular flexibility index (Phi) is 3.78. The van der Waals surface area contributed by atoms with Gasteiger partial charge in [0.2, 0.25) is 0 Å². The molecular formula is C13H15N3O4S. The van der Waals surface area contributed by atoms with Crippen molar-refractivity contribution in [2.75, 3.05) is 26.2 Å². The molecule has 1 aromatic rings. The lowest BCUT2D eigenvalue weighted by molar-refractivity contribution is -0.126. The Labute approximate surface area is 125 Å². The number of rotatable bonds is 4. The van der Waals surface area contributed by atoms with Crippen LogP contribution in [0.15, 0.2) is 17.5 Å². The van der Waals surface area contributed by atoms with Crippen molar-refractivity contribution in [1.82, 2.24) is 15.1 Å². The number of thiophene rings is 1. The van der Waals surface area contributed by atoms with E-state index in [-0.39, 0.29) is 24.5 Å². The summed E-state index contributed by atoms with van der Waals surface area (Å²) in [6.45, 7) is 1.78. The van der Waals surface area contributed by atoms with Crippen LogP contribution in [0.3, 0.4) is 0 Å². The van der Waals surface area contributed by atoms with E-state index in [4.69, 9.17) is 0 Å². The summed E-state index contributed by atoms with van der Waals surface area (Å²) < 4.78 is 4.65. The standard InChI is InChI=1S/C13H15N3O4S/c17-11-8-20-13(19)16(11)7-9-5-15(6-9)12(18)14-4-10-2-1-3-21-10/h1-3,9H,4-8H2,(H,14,18). The number of cyclic esters (lactones) is 1. The maximum Gasteiger partial charge on any atom is 0.417 e. The van der Waals surface area contributed by atoms with Gasteiger partial charge in [0.25, 0.3) is 5.91 Å². The van der Waals surface area contributed by atoms with Crippen molar-refractivity contribution in [2.24, 2.45) is 5.92 Å². The average Bonchev–Trinajstić information content (AvgIpc) is 3.03. The van der Waals surface area contributed by atoms with E-state index in [1.165, 1.54) is 0 Å². The van der Waals surface area contributed by atoms with Gasteiger partial charge in [0, 0.05) is 30.4 Å². The monoisotopic (exact) mass is 309 g/mol. The molecular weight excluding hydrogens is 294 g/mol. The molecule has 7 nitrogen and oxygen atoms in total. The summed E-state index contributed by atoms with van der Waals surface area (Å²) in [6.07, 6.45) is -0.583. The van der Waals surface area contributed by atoms with E-state index in [9.17, 15) is 14.4 Å². The molecule has 3 rings (SSSR count). The van der Waals surface area contributed by atoms with Crippen molar-refractivity contribution in [3.63, 3.8) is 0 Å². The minimum absolute atomic E-state index is 0.116. The van der Waals surface area contributed by atoms with Gasteiger partial charge in [0.1, 0.15) is 0 Å². The number of ether oxygens (including phenoxy) is 1. The number of nitrogens with zero attached hydrogens (tertiary/aromatic N) is 2. The molecule has 112 valence electrons. The Morgan fingerprint density at radius 2 is 2.24 bits per heavy atom. The fourth-order valence-corrected chi connectivity index (χ4v) is 3.00. The summed E-state index contributed by atoms with van der Waals surface area (Å²) in [7, 11) is 0. The summed E-state index contributed by atoms with van der Waals surface area (Å²) in [5.74, 6) is -0.173. The Balaban J connectivity index is 1.40. The highest BCUT2D eigenvalue weighted by Gasteiger charge is 2.38. The molecule has 0 saturated carbocycles. The largest absolute Gasteiger partial charge is 0.439 e. The van der Waals surface area contributed by atoms with Crippen molar-refractivity contribution >= 4 is 29.4 Å². The van der Waals surface area contributed by atoms with Gasteiger partial charge in [0.15, 0.2) is 6.61 Å². The lowest BCUT2D eigenvalue weighted by Gasteiger charge is -2.40. The van der Waals surface area contributed by atoms with Gasteiger partial charge in [-0.05, 0) is 11.4 Å². The summed E-state index contributed by atoms with van der Waals surface area (Å²) in [4.78, 5) is 38.5. The first kappa shape index (κ1) is 13.9. The van der Waals surface area contributed by atoms with Crippen LogP contribution in [0.1, 0.15) is 4.88 Å². The number of hydrogen-bond acceptors (Lipinski definition) is 5. The normalized spacial score (nSPS) is 18.7. The highest BCUT2D eigenvalue weighted by Crippen LogP contribution is 2.19. The first-order valence-electron chi connectivity index (χ1n) is 6.66. The van der Waals surface area contributed by atoms with E-state index < -0.39 is 6.09 Å². The quantitative estimate of drug-likeness (QED) is 0.895. The molecule has 1 aromatic heterocycles. The van der Waals surface area contributed by atoms with E-state index in [1.54, 1.807) is 16.2 Å². The van der Waals surface area contributed by atoms with Crippen LogP contribution in [0, 0.1) is 5.92 Å². The Bertz CT molecular complexity index is 538. The van der Waals surface area contributed by atoms with Crippen LogP contribution in [0.25, 0.3) is 0 Å². The zero-order valence-corrected chi connectivity index (χ0v) is 12.1. The molecule has 21 heavy (non-hydrogen) atoms. The van der Waals surface area contributed by atoms with E-state index in [2.05, 4.69) is 10.1 Å². The lowest BCUT2D eigenvalue weighted by atomic mass is 10.0. The molecule has 2 saturated heterocycles. The number of urea groups is 1. The third kappa shape index (κ3) is 2.99.